The van der Waals surface area contributed by atoms with E-state index in [-0.39, 0.29) is 0 Å². The lowest BCUT2D eigenvalue weighted by Crippen LogP contribution is -1.98. The van der Waals surface area contributed by atoms with Crippen molar-refractivity contribution in [1.29, 1.82) is 0 Å². The fourth-order valence-corrected chi connectivity index (χ4v) is 3.44. The van der Waals surface area contributed by atoms with Crippen LogP contribution in [0.4, 0.5) is 0 Å². The molecule has 0 fully saturated rings. The highest BCUT2D eigenvalue weighted by Gasteiger charge is 2.26. The molecular weight excluding hydrogens is 296 g/mol. The molecule has 19 heavy (non-hydrogen) atoms. The lowest BCUT2D eigenvalue weighted by atomic mass is 9.88. The number of hydrogen-bond donors (Lipinski definition) is 0. The van der Waals surface area contributed by atoms with Gasteiger partial charge in [-0.15, -0.1) is 0 Å². The molecule has 0 aromatic heterocycles. The predicted molar refractivity (Wildman–Crippen MR) is 86.1 cm³/mol. The molecule has 1 atom stereocenters. The summed E-state index contributed by atoms with van der Waals surface area (Å²) in [6, 6.07) is 17.3. The summed E-state index contributed by atoms with van der Waals surface area (Å²) in [4.78, 5) is 0. The molecule has 0 amide bonds. The van der Waals surface area contributed by atoms with Crippen molar-refractivity contribution in [2.24, 2.45) is 0 Å². The SMILES string of the molecule is CCCC1C(c2ccccc2)=Cc2c(Br)cccc21. The van der Waals surface area contributed by atoms with Gasteiger partial charge < -0.3 is 0 Å². The zero-order valence-corrected chi connectivity index (χ0v) is 12.7. The van der Waals surface area contributed by atoms with Gasteiger partial charge in [0, 0.05) is 10.4 Å². The third-order valence-electron chi connectivity index (χ3n) is 3.82. The molecule has 3 rings (SSSR count). The van der Waals surface area contributed by atoms with Crippen molar-refractivity contribution in [3.63, 3.8) is 0 Å². The first kappa shape index (κ1) is 12.7. The van der Waals surface area contributed by atoms with E-state index in [2.05, 4.69) is 77.5 Å². The maximum absolute atomic E-state index is 3.68. The molecule has 2 aromatic rings. The Hall–Kier alpha value is -1.34. The highest BCUT2D eigenvalue weighted by atomic mass is 79.9. The molecule has 0 saturated heterocycles. The van der Waals surface area contributed by atoms with Crippen LogP contribution in [0.3, 0.4) is 0 Å². The van der Waals surface area contributed by atoms with Crippen LogP contribution in [0.5, 0.6) is 0 Å². The van der Waals surface area contributed by atoms with Crippen LogP contribution < -0.4 is 0 Å². The van der Waals surface area contributed by atoms with Gasteiger partial charge >= 0.3 is 0 Å². The van der Waals surface area contributed by atoms with Crippen LogP contribution in [0.25, 0.3) is 11.6 Å². The topological polar surface area (TPSA) is 0 Å². The van der Waals surface area contributed by atoms with E-state index in [1.807, 2.05) is 0 Å². The van der Waals surface area contributed by atoms with Gasteiger partial charge in [0.2, 0.25) is 0 Å². The number of rotatable bonds is 3. The zero-order chi connectivity index (χ0) is 13.2. The standard InChI is InChI=1S/C18H17Br/c1-2-7-14-15-10-6-11-18(19)17(15)12-16(14)13-8-4-3-5-9-13/h3-6,8-12,14H,2,7H2,1H3. The summed E-state index contributed by atoms with van der Waals surface area (Å²) in [5.74, 6) is 0.542. The molecule has 0 radical (unpaired) electrons. The second-order valence-corrected chi connectivity index (χ2v) is 5.90. The van der Waals surface area contributed by atoms with Crippen LogP contribution in [-0.2, 0) is 0 Å². The van der Waals surface area contributed by atoms with Crippen molar-refractivity contribution in [2.75, 3.05) is 0 Å². The summed E-state index contributed by atoms with van der Waals surface area (Å²) >= 11 is 3.68. The quantitative estimate of drug-likeness (QED) is 0.663. The van der Waals surface area contributed by atoms with E-state index >= 15 is 0 Å². The minimum Gasteiger partial charge on any atom is -0.0653 e. The Balaban J connectivity index is 2.10. The Bertz CT molecular complexity index is 611. The number of hydrogen-bond acceptors (Lipinski definition) is 0. The van der Waals surface area contributed by atoms with E-state index in [9.17, 15) is 0 Å². The first-order valence-electron chi connectivity index (χ1n) is 6.86. The van der Waals surface area contributed by atoms with E-state index in [1.165, 1.54) is 39.6 Å². The predicted octanol–water partition coefficient (Wildman–Crippen LogP) is 5.89. The van der Waals surface area contributed by atoms with Crippen LogP contribution >= 0.6 is 15.9 Å². The van der Waals surface area contributed by atoms with Gasteiger partial charge in [-0.3, -0.25) is 0 Å². The van der Waals surface area contributed by atoms with E-state index < -0.39 is 0 Å². The Labute approximate surface area is 123 Å². The summed E-state index contributed by atoms with van der Waals surface area (Å²) in [6.45, 7) is 2.26. The molecule has 96 valence electrons. The minimum absolute atomic E-state index is 0.542. The highest BCUT2D eigenvalue weighted by molar-refractivity contribution is 9.10. The normalized spacial score (nSPS) is 17.2. The molecule has 1 unspecified atom stereocenters. The fraction of sp³-hybridized carbons (Fsp3) is 0.222. The van der Waals surface area contributed by atoms with Crippen LogP contribution in [0.2, 0.25) is 0 Å². The van der Waals surface area contributed by atoms with E-state index in [0.717, 1.165) is 0 Å². The lowest BCUT2D eigenvalue weighted by Gasteiger charge is -2.16. The average Bonchev–Trinajstić information content (AvgIpc) is 2.81. The Morgan fingerprint density at radius 3 is 2.53 bits per heavy atom. The molecule has 0 nitrogen and oxygen atoms in total. The average molecular weight is 313 g/mol. The van der Waals surface area contributed by atoms with Gasteiger partial charge in [0.05, 0.1) is 0 Å². The van der Waals surface area contributed by atoms with Crippen molar-refractivity contribution in [3.8, 4) is 0 Å². The van der Waals surface area contributed by atoms with Crippen LogP contribution in [0.1, 0.15) is 42.4 Å². The molecule has 2 aromatic carbocycles. The first-order chi connectivity index (χ1) is 9.31. The zero-order valence-electron chi connectivity index (χ0n) is 11.1. The van der Waals surface area contributed by atoms with Crippen molar-refractivity contribution in [2.45, 2.75) is 25.7 Å². The van der Waals surface area contributed by atoms with Crippen molar-refractivity contribution >= 4 is 27.6 Å². The summed E-state index contributed by atoms with van der Waals surface area (Å²) in [5.41, 5.74) is 5.64. The third-order valence-corrected chi connectivity index (χ3v) is 4.51. The van der Waals surface area contributed by atoms with Gasteiger partial charge in [0.1, 0.15) is 0 Å². The maximum Gasteiger partial charge on any atom is 0.0250 e. The molecule has 0 spiro atoms. The second-order valence-electron chi connectivity index (χ2n) is 5.05. The van der Waals surface area contributed by atoms with Gasteiger partial charge in [-0.25, -0.2) is 0 Å². The maximum atomic E-state index is 3.68. The van der Waals surface area contributed by atoms with Crippen LogP contribution in [-0.4, -0.2) is 0 Å². The van der Waals surface area contributed by atoms with E-state index in [0.29, 0.717) is 5.92 Å². The summed E-state index contributed by atoms with van der Waals surface area (Å²) in [7, 11) is 0. The van der Waals surface area contributed by atoms with Crippen LogP contribution in [0, 0.1) is 0 Å². The third kappa shape index (κ3) is 2.28. The van der Waals surface area contributed by atoms with Gasteiger partial charge in [-0.1, -0.05) is 71.7 Å². The van der Waals surface area contributed by atoms with E-state index in [4.69, 9.17) is 0 Å². The molecule has 0 heterocycles. The molecule has 0 saturated carbocycles. The number of fused-ring (bicyclic) bond motifs is 1. The smallest absolute Gasteiger partial charge is 0.0250 e. The minimum atomic E-state index is 0.542. The van der Waals surface area contributed by atoms with Gasteiger partial charge in [-0.05, 0) is 40.8 Å². The highest BCUT2D eigenvalue weighted by Crippen LogP contribution is 2.46. The second kappa shape index (κ2) is 5.34. The number of allylic oxidation sites excluding steroid dienone is 1. The van der Waals surface area contributed by atoms with Crippen molar-refractivity contribution < 1.29 is 0 Å². The number of benzene rings is 2. The van der Waals surface area contributed by atoms with Gasteiger partial charge in [0.15, 0.2) is 0 Å². The number of halogens is 1. The Morgan fingerprint density at radius 1 is 1.00 bits per heavy atom. The molecule has 0 bridgehead atoms. The van der Waals surface area contributed by atoms with Gasteiger partial charge in [0.25, 0.3) is 0 Å². The molecule has 1 heteroatoms. The summed E-state index contributed by atoms with van der Waals surface area (Å²) in [5, 5.41) is 0. The Morgan fingerprint density at radius 2 is 1.79 bits per heavy atom. The fourth-order valence-electron chi connectivity index (χ4n) is 2.95. The molecule has 1 aliphatic carbocycles. The molecule has 0 aliphatic heterocycles. The van der Waals surface area contributed by atoms with Crippen molar-refractivity contribution in [1.82, 2.24) is 0 Å². The Kier molecular flexibility index (Phi) is 3.56. The molecule has 1 aliphatic rings. The van der Waals surface area contributed by atoms with E-state index in [1.54, 1.807) is 0 Å². The monoisotopic (exact) mass is 312 g/mol. The largest absolute Gasteiger partial charge is 0.0653 e. The molecule has 0 N–H and O–H groups in total. The molecular formula is C18H17Br. The lowest BCUT2D eigenvalue weighted by molar-refractivity contribution is 0.737. The first-order valence-corrected chi connectivity index (χ1v) is 7.66. The van der Waals surface area contributed by atoms with Crippen molar-refractivity contribution in [3.05, 3.63) is 69.7 Å². The van der Waals surface area contributed by atoms with Gasteiger partial charge in [-0.2, -0.15) is 0 Å². The summed E-state index contributed by atoms with van der Waals surface area (Å²) in [6.07, 6.45) is 4.78. The van der Waals surface area contributed by atoms with Crippen LogP contribution in [0.15, 0.2) is 53.0 Å². The summed E-state index contributed by atoms with van der Waals surface area (Å²) < 4.78 is 1.21.